The number of rotatable bonds is 8. The van der Waals surface area contributed by atoms with Gasteiger partial charge in [0.15, 0.2) is 5.96 Å². The van der Waals surface area contributed by atoms with Crippen molar-refractivity contribution < 1.29 is 14.7 Å². The highest BCUT2D eigenvalue weighted by atomic mass is 16.4. The van der Waals surface area contributed by atoms with E-state index < -0.39 is 11.9 Å². The molecule has 12 nitrogen and oxygen atoms in total. The van der Waals surface area contributed by atoms with Crippen molar-refractivity contribution in [2.75, 3.05) is 16.8 Å². The van der Waals surface area contributed by atoms with Gasteiger partial charge in [-0.3, -0.25) is 14.5 Å². The smallest absolute Gasteiger partial charge is 0.305 e. The highest BCUT2D eigenvalue weighted by Gasteiger charge is 2.22. The molecule has 4 aromatic rings. The number of guanidine groups is 1. The molecule has 0 aliphatic carbocycles. The SMILES string of the molecule is Cn1c(Nc2ccc(N=C(N)N)cc2)nc2cc(C(=O)N(CCC(=O)O)c3ncccn3)ccc21. The molecule has 178 valence electrons. The molecule has 0 atom stereocenters. The van der Waals surface area contributed by atoms with Crippen LogP contribution in [0.5, 0.6) is 0 Å². The second-order valence-electron chi connectivity index (χ2n) is 7.56. The minimum Gasteiger partial charge on any atom is -0.481 e. The average molecular weight is 473 g/mol. The van der Waals surface area contributed by atoms with Crippen molar-refractivity contribution in [1.29, 1.82) is 0 Å². The van der Waals surface area contributed by atoms with Crippen LogP contribution in [-0.4, -0.2) is 49.0 Å². The number of carboxylic acids is 1. The number of carbonyl (C=O) groups is 2. The Morgan fingerprint density at radius 2 is 1.83 bits per heavy atom. The van der Waals surface area contributed by atoms with E-state index in [1.165, 1.54) is 17.3 Å². The van der Waals surface area contributed by atoms with Crippen molar-refractivity contribution in [3.63, 3.8) is 0 Å². The predicted octanol–water partition coefficient (Wildman–Crippen LogP) is 2.13. The number of hydrogen-bond acceptors (Lipinski definition) is 7. The summed E-state index contributed by atoms with van der Waals surface area (Å²) in [5.74, 6) is -0.776. The lowest BCUT2D eigenvalue weighted by Gasteiger charge is -2.19. The van der Waals surface area contributed by atoms with E-state index in [1.807, 2.05) is 23.7 Å². The molecule has 0 aliphatic heterocycles. The number of amides is 1. The second kappa shape index (κ2) is 9.87. The number of imidazole rings is 1. The van der Waals surface area contributed by atoms with Crippen LogP contribution in [0.2, 0.25) is 0 Å². The minimum atomic E-state index is -1.03. The van der Waals surface area contributed by atoms with Crippen LogP contribution in [-0.2, 0) is 11.8 Å². The summed E-state index contributed by atoms with van der Waals surface area (Å²) in [6, 6.07) is 13.9. The average Bonchev–Trinajstić information content (AvgIpc) is 3.15. The molecule has 0 aliphatic rings. The Balaban J connectivity index is 1.61. The Hall–Kier alpha value is -5.00. The number of aliphatic imine (C=N–C) groups is 1. The largest absolute Gasteiger partial charge is 0.481 e. The topological polar surface area (TPSA) is 178 Å². The molecule has 0 unspecified atom stereocenters. The number of aryl methyl sites for hydroxylation is 1. The molecule has 2 aromatic carbocycles. The van der Waals surface area contributed by atoms with E-state index in [2.05, 4.69) is 25.3 Å². The maximum absolute atomic E-state index is 13.3. The molecule has 2 heterocycles. The summed E-state index contributed by atoms with van der Waals surface area (Å²) in [7, 11) is 1.85. The van der Waals surface area contributed by atoms with Crippen LogP contribution in [0.25, 0.3) is 11.0 Å². The first-order valence-corrected chi connectivity index (χ1v) is 10.6. The Labute approximate surface area is 199 Å². The van der Waals surface area contributed by atoms with Crippen LogP contribution >= 0.6 is 0 Å². The third-order valence-corrected chi connectivity index (χ3v) is 5.10. The van der Waals surface area contributed by atoms with E-state index in [0.29, 0.717) is 22.7 Å². The molecule has 0 saturated carbocycles. The minimum absolute atomic E-state index is 0.0215. The summed E-state index contributed by atoms with van der Waals surface area (Å²) in [5.41, 5.74) is 13.9. The Kier molecular flexibility index (Phi) is 6.53. The van der Waals surface area contributed by atoms with Crippen molar-refractivity contribution in [1.82, 2.24) is 19.5 Å². The Morgan fingerprint density at radius 3 is 2.49 bits per heavy atom. The Bertz CT molecular complexity index is 1400. The van der Waals surface area contributed by atoms with Gasteiger partial charge in [0.05, 0.1) is 23.1 Å². The lowest BCUT2D eigenvalue weighted by Crippen LogP contribution is -2.34. The zero-order valence-corrected chi connectivity index (χ0v) is 18.8. The number of nitrogens with one attached hydrogen (secondary N) is 1. The number of hydrogen-bond donors (Lipinski definition) is 4. The maximum Gasteiger partial charge on any atom is 0.305 e. The molecule has 35 heavy (non-hydrogen) atoms. The fourth-order valence-corrected chi connectivity index (χ4v) is 3.43. The molecule has 2 aromatic heterocycles. The van der Waals surface area contributed by atoms with Crippen LogP contribution < -0.4 is 21.7 Å². The molecule has 0 radical (unpaired) electrons. The van der Waals surface area contributed by atoms with Gasteiger partial charge in [-0.15, -0.1) is 0 Å². The van der Waals surface area contributed by atoms with Crippen LogP contribution in [0, 0.1) is 0 Å². The number of aliphatic carboxylic acids is 1. The van der Waals surface area contributed by atoms with Crippen LogP contribution in [0.1, 0.15) is 16.8 Å². The number of anilines is 3. The molecular formula is C23H23N9O3. The number of nitrogens with two attached hydrogens (primary N) is 2. The standard InChI is InChI=1S/C23H23N9O3/c1-31-18-8-3-14(20(35)32(12-9-19(33)34)22-26-10-2-11-27-22)13-17(18)30-23(31)29-16-6-4-15(5-7-16)28-21(24)25/h2-8,10-11,13H,9,12H2,1H3,(H,29,30)(H,33,34)(H4,24,25,28). The number of carboxylic acid groups (broad SMARTS) is 1. The van der Waals surface area contributed by atoms with E-state index in [1.54, 1.807) is 36.4 Å². The van der Waals surface area contributed by atoms with Crippen molar-refractivity contribution in [2.45, 2.75) is 6.42 Å². The number of carbonyl (C=O) groups excluding carboxylic acids is 1. The number of nitrogens with zero attached hydrogens (tertiary/aromatic N) is 6. The number of benzene rings is 2. The van der Waals surface area contributed by atoms with E-state index >= 15 is 0 Å². The van der Waals surface area contributed by atoms with Gasteiger partial charge in [-0.1, -0.05) is 0 Å². The van der Waals surface area contributed by atoms with Gasteiger partial charge in [-0.2, -0.15) is 0 Å². The first-order valence-electron chi connectivity index (χ1n) is 10.6. The third kappa shape index (κ3) is 5.33. The van der Waals surface area contributed by atoms with Gasteiger partial charge >= 0.3 is 5.97 Å². The summed E-state index contributed by atoms with van der Waals surface area (Å²) in [4.78, 5) is 42.4. The molecule has 6 N–H and O–H groups in total. The molecule has 0 bridgehead atoms. The van der Waals surface area contributed by atoms with Crippen molar-refractivity contribution >= 4 is 52.1 Å². The molecule has 4 rings (SSSR count). The van der Waals surface area contributed by atoms with Crippen LogP contribution in [0.4, 0.5) is 23.3 Å². The first kappa shape index (κ1) is 23.2. The summed E-state index contributed by atoms with van der Waals surface area (Å²) in [6.45, 7) is -0.0684. The van der Waals surface area contributed by atoms with E-state index in [0.717, 1.165) is 11.2 Å². The quantitative estimate of drug-likeness (QED) is 0.220. The van der Waals surface area contributed by atoms with Gasteiger partial charge in [0.1, 0.15) is 0 Å². The molecule has 1 amide bonds. The molecule has 0 fully saturated rings. The van der Waals surface area contributed by atoms with Gasteiger partial charge in [-0.25, -0.2) is 19.9 Å². The first-order chi connectivity index (χ1) is 16.8. The maximum atomic E-state index is 13.3. The van der Waals surface area contributed by atoms with Crippen molar-refractivity contribution in [3.05, 3.63) is 66.5 Å². The van der Waals surface area contributed by atoms with Gasteiger partial charge in [0.25, 0.3) is 5.91 Å². The summed E-state index contributed by atoms with van der Waals surface area (Å²) in [5, 5.41) is 12.3. The summed E-state index contributed by atoms with van der Waals surface area (Å²) >= 11 is 0. The van der Waals surface area contributed by atoms with Gasteiger partial charge in [-0.05, 0) is 48.5 Å². The van der Waals surface area contributed by atoms with Crippen LogP contribution in [0.15, 0.2) is 65.9 Å². The second-order valence-corrected chi connectivity index (χ2v) is 7.56. The lowest BCUT2D eigenvalue weighted by molar-refractivity contribution is -0.136. The number of fused-ring (bicyclic) bond motifs is 1. The molecule has 0 spiro atoms. The van der Waals surface area contributed by atoms with Gasteiger partial charge < -0.3 is 26.5 Å². The molecule has 0 saturated heterocycles. The van der Waals surface area contributed by atoms with E-state index in [-0.39, 0.29) is 24.9 Å². The summed E-state index contributed by atoms with van der Waals surface area (Å²) < 4.78 is 1.86. The lowest BCUT2D eigenvalue weighted by atomic mass is 10.1. The van der Waals surface area contributed by atoms with Crippen molar-refractivity contribution in [3.8, 4) is 0 Å². The van der Waals surface area contributed by atoms with E-state index in [4.69, 9.17) is 16.6 Å². The highest BCUT2D eigenvalue weighted by molar-refractivity contribution is 6.07. The normalized spacial score (nSPS) is 10.7. The fourth-order valence-electron chi connectivity index (χ4n) is 3.43. The predicted molar refractivity (Wildman–Crippen MR) is 132 cm³/mol. The molecule has 12 heteroatoms. The zero-order valence-electron chi connectivity index (χ0n) is 18.8. The Morgan fingerprint density at radius 1 is 1.11 bits per heavy atom. The fraction of sp³-hybridized carbons (Fsp3) is 0.130. The highest BCUT2D eigenvalue weighted by Crippen LogP contribution is 2.25. The van der Waals surface area contributed by atoms with Crippen LogP contribution in [0.3, 0.4) is 0 Å². The van der Waals surface area contributed by atoms with Gasteiger partial charge in [0, 0.05) is 37.2 Å². The van der Waals surface area contributed by atoms with Crippen molar-refractivity contribution in [2.24, 2.45) is 23.5 Å². The number of aromatic nitrogens is 4. The zero-order chi connectivity index (χ0) is 24.9. The monoisotopic (exact) mass is 473 g/mol. The third-order valence-electron chi connectivity index (χ3n) is 5.10. The molecular weight excluding hydrogens is 450 g/mol. The summed E-state index contributed by atoms with van der Waals surface area (Å²) in [6.07, 6.45) is 2.74. The van der Waals surface area contributed by atoms with E-state index in [9.17, 15) is 9.59 Å². The van der Waals surface area contributed by atoms with Gasteiger partial charge in [0.2, 0.25) is 11.9 Å².